The second-order valence-electron chi connectivity index (χ2n) is 6.67. The minimum atomic E-state index is -0.738. The number of benzene rings is 1. The maximum atomic E-state index is 12.8. The van der Waals surface area contributed by atoms with E-state index in [0.29, 0.717) is 11.3 Å². The second-order valence-corrected chi connectivity index (χ2v) is 7.98. The summed E-state index contributed by atoms with van der Waals surface area (Å²) >= 11 is 7.18. The fourth-order valence-electron chi connectivity index (χ4n) is 2.67. The molecule has 1 unspecified atom stereocenters. The molecule has 3 rings (SSSR count). The van der Waals surface area contributed by atoms with E-state index >= 15 is 0 Å². The fraction of sp³-hybridized carbons (Fsp3) is 0.250. The molecule has 2 aromatic heterocycles. The van der Waals surface area contributed by atoms with Gasteiger partial charge in [-0.3, -0.25) is 9.78 Å². The molecule has 0 fully saturated rings. The van der Waals surface area contributed by atoms with Crippen LogP contribution in [-0.2, 0) is 10.3 Å². The van der Waals surface area contributed by atoms with Gasteiger partial charge in [0.1, 0.15) is 5.69 Å². The summed E-state index contributed by atoms with van der Waals surface area (Å²) < 4.78 is 4.90. The van der Waals surface area contributed by atoms with Gasteiger partial charge in [-0.15, -0.1) is 18.2 Å². The Hall–Kier alpha value is -2.69. The zero-order valence-electron chi connectivity index (χ0n) is 15.6. The van der Waals surface area contributed by atoms with Crippen LogP contribution in [0.5, 0.6) is 0 Å². The van der Waals surface area contributed by atoms with Gasteiger partial charge in [0.2, 0.25) is 5.22 Å². The van der Waals surface area contributed by atoms with Gasteiger partial charge in [-0.1, -0.05) is 11.1 Å². The Morgan fingerprint density at radius 1 is 1.36 bits per heavy atom. The molecule has 2 N–H and O–H groups in total. The van der Waals surface area contributed by atoms with Gasteiger partial charge in [-0.2, -0.15) is 0 Å². The van der Waals surface area contributed by atoms with Crippen molar-refractivity contribution in [2.45, 2.75) is 24.8 Å². The third kappa shape index (κ3) is 4.41. The zero-order chi connectivity index (χ0) is 20.3. The lowest BCUT2D eigenvalue weighted by atomic mass is 10.0. The normalized spacial score (nSPS) is 12.4. The first-order chi connectivity index (χ1) is 13.3. The number of carbonyl (C=O) groups is 1. The summed E-state index contributed by atoms with van der Waals surface area (Å²) in [5, 5.41) is 10.7. The predicted octanol–water partition coefficient (Wildman–Crippen LogP) is 4.01. The first-order valence-corrected chi connectivity index (χ1v) is 10.1. The molecule has 0 aliphatic carbocycles. The first kappa shape index (κ1) is 20.1. The molecule has 0 aliphatic rings. The third-order valence-corrected chi connectivity index (χ3v) is 5.16. The van der Waals surface area contributed by atoms with Crippen molar-refractivity contribution in [3.63, 3.8) is 0 Å². The number of amides is 1. The number of anilines is 1. The molecule has 1 amide bonds. The molecule has 0 saturated carbocycles. The topological polar surface area (TPSA) is 80.0 Å². The molecule has 1 aromatic carbocycles. The molecule has 3 aromatic rings. The number of hydrogen-bond acceptors (Lipinski definition) is 6. The summed E-state index contributed by atoms with van der Waals surface area (Å²) in [5.41, 5.74) is 2.14. The van der Waals surface area contributed by atoms with Gasteiger partial charge in [0, 0.05) is 28.9 Å². The minimum Gasteiger partial charge on any atom is -0.366 e. The highest BCUT2D eigenvalue weighted by molar-refractivity contribution is 8.00. The van der Waals surface area contributed by atoms with E-state index in [0.717, 1.165) is 16.6 Å². The van der Waals surface area contributed by atoms with Gasteiger partial charge >= 0.3 is 0 Å². The number of hydrogen-bond donors (Lipinski definition) is 2. The number of thioether (sulfide) groups is 1. The van der Waals surface area contributed by atoms with Gasteiger partial charge in [0.15, 0.2) is 5.37 Å². The summed E-state index contributed by atoms with van der Waals surface area (Å²) in [6.07, 6.45) is 8.96. The Balaban J connectivity index is 1.77. The molecule has 8 heteroatoms. The molecule has 1 atom stereocenters. The van der Waals surface area contributed by atoms with Crippen LogP contribution in [0.25, 0.3) is 10.9 Å². The summed E-state index contributed by atoms with van der Waals surface area (Å²) in [6, 6.07) is 9.16. The monoisotopic (exact) mass is 414 g/mol. The predicted molar refractivity (Wildman–Crippen MR) is 113 cm³/mol. The summed E-state index contributed by atoms with van der Waals surface area (Å²) in [7, 11) is 0. The van der Waals surface area contributed by atoms with E-state index in [1.54, 1.807) is 12.3 Å². The van der Waals surface area contributed by atoms with Gasteiger partial charge in [0.25, 0.3) is 5.91 Å². The smallest absolute Gasteiger partial charge is 0.253 e. The van der Waals surface area contributed by atoms with E-state index in [1.807, 2.05) is 44.4 Å². The van der Waals surface area contributed by atoms with E-state index in [1.165, 1.54) is 11.8 Å². The van der Waals surface area contributed by atoms with Crippen molar-refractivity contribution in [1.29, 1.82) is 0 Å². The Morgan fingerprint density at radius 3 is 2.79 bits per heavy atom. The van der Waals surface area contributed by atoms with Crippen LogP contribution in [-0.4, -0.2) is 27.7 Å². The molecule has 0 saturated heterocycles. The van der Waals surface area contributed by atoms with Crippen LogP contribution in [0.2, 0.25) is 5.22 Å². The number of nitrogens with one attached hydrogen (secondary N) is 2. The Morgan fingerprint density at radius 2 is 2.14 bits per heavy atom. The molecule has 0 aliphatic heterocycles. The maximum absolute atomic E-state index is 12.8. The van der Waals surface area contributed by atoms with E-state index in [2.05, 4.69) is 26.7 Å². The lowest BCUT2D eigenvalue weighted by molar-refractivity contribution is -0.121. The number of rotatable bonds is 6. The van der Waals surface area contributed by atoms with Crippen molar-refractivity contribution in [3.8, 4) is 12.3 Å². The summed E-state index contributed by atoms with van der Waals surface area (Å²) in [6.45, 7) is 3.67. The van der Waals surface area contributed by atoms with Gasteiger partial charge in [0.05, 0.1) is 11.1 Å². The standard InChI is InChI=1S/C20H19ClN4O2S/c1-5-12-8-13-9-14(6-7-15(13)22-11-12)23-19(28-4)18(26)24-20(2,3)16-10-17(21)27-25-16/h1,6-11,19,23H,2-4H3,(H,24,26). The molecule has 144 valence electrons. The van der Waals surface area contributed by atoms with Gasteiger partial charge in [-0.25, -0.2) is 0 Å². The lowest BCUT2D eigenvalue weighted by Gasteiger charge is -2.27. The number of terminal acetylenes is 1. The number of pyridine rings is 1. The molecule has 2 heterocycles. The van der Waals surface area contributed by atoms with E-state index in [-0.39, 0.29) is 11.1 Å². The van der Waals surface area contributed by atoms with Crippen molar-refractivity contribution in [1.82, 2.24) is 15.5 Å². The maximum Gasteiger partial charge on any atom is 0.253 e. The van der Waals surface area contributed by atoms with Crippen LogP contribution >= 0.6 is 23.4 Å². The van der Waals surface area contributed by atoms with Crippen LogP contribution in [0.3, 0.4) is 0 Å². The molecule has 0 spiro atoms. The van der Waals surface area contributed by atoms with Gasteiger partial charge < -0.3 is 15.2 Å². The van der Waals surface area contributed by atoms with Gasteiger partial charge in [-0.05, 0) is 56.0 Å². The number of carbonyl (C=O) groups excluding carboxylic acids is 1. The number of fused-ring (bicyclic) bond motifs is 1. The molecular formula is C20H19ClN4O2S. The van der Waals surface area contributed by atoms with Crippen LogP contribution < -0.4 is 10.6 Å². The molecule has 28 heavy (non-hydrogen) atoms. The summed E-state index contributed by atoms with van der Waals surface area (Å²) in [4.78, 5) is 17.1. The minimum absolute atomic E-state index is 0.174. The number of nitrogens with zero attached hydrogens (tertiary/aromatic N) is 2. The SMILES string of the molecule is C#Cc1cnc2ccc(NC(SC)C(=O)NC(C)(C)c3cc(Cl)on3)cc2c1. The zero-order valence-corrected chi connectivity index (χ0v) is 17.2. The Labute approximate surface area is 172 Å². The molecule has 0 bridgehead atoms. The third-order valence-electron chi connectivity index (χ3n) is 4.18. The van der Waals surface area contributed by atoms with Crippen molar-refractivity contribution in [2.24, 2.45) is 0 Å². The highest BCUT2D eigenvalue weighted by Gasteiger charge is 2.30. The molecule has 0 radical (unpaired) electrons. The number of halogens is 1. The summed E-state index contributed by atoms with van der Waals surface area (Å²) in [5.74, 6) is 2.39. The quantitative estimate of drug-likeness (QED) is 0.468. The van der Waals surface area contributed by atoms with E-state index in [4.69, 9.17) is 22.5 Å². The highest BCUT2D eigenvalue weighted by atomic mass is 35.5. The highest BCUT2D eigenvalue weighted by Crippen LogP contribution is 2.24. The Bertz CT molecular complexity index is 1060. The van der Waals surface area contributed by atoms with Crippen molar-refractivity contribution >= 4 is 45.9 Å². The van der Waals surface area contributed by atoms with Crippen molar-refractivity contribution in [3.05, 3.63) is 53.0 Å². The number of aromatic nitrogens is 2. The fourth-order valence-corrected chi connectivity index (χ4v) is 3.33. The second kappa shape index (κ2) is 8.13. The molecular weight excluding hydrogens is 396 g/mol. The Kier molecular flexibility index (Phi) is 5.82. The first-order valence-electron chi connectivity index (χ1n) is 8.43. The van der Waals surface area contributed by atoms with E-state index < -0.39 is 10.9 Å². The van der Waals surface area contributed by atoms with Crippen molar-refractivity contribution in [2.75, 3.05) is 11.6 Å². The van der Waals surface area contributed by atoms with Crippen LogP contribution in [0.4, 0.5) is 5.69 Å². The van der Waals surface area contributed by atoms with Crippen LogP contribution in [0.15, 0.2) is 41.1 Å². The average molecular weight is 415 g/mol. The van der Waals surface area contributed by atoms with E-state index in [9.17, 15) is 4.79 Å². The molecule has 6 nitrogen and oxygen atoms in total. The van der Waals surface area contributed by atoms with Crippen LogP contribution in [0, 0.1) is 12.3 Å². The van der Waals surface area contributed by atoms with Crippen LogP contribution in [0.1, 0.15) is 25.1 Å². The lowest BCUT2D eigenvalue weighted by Crippen LogP contribution is -2.47. The largest absolute Gasteiger partial charge is 0.366 e. The average Bonchev–Trinajstić information content (AvgIpc) is 3.12. The van der Waals surface area contributed by atoms with Crippen molar-refractivity contribution < 1.29 is 9.32 Å².